The van der Waals surface area contributed by atoms with Gasteiger partial charge in [0.15, 0.2) is 0 Å². The molecule has 2 rings (SSSR count). The van der Waals surface area contributed by atoms with Crippen molar-refractivity contribution < 1.29 is 0 Å². The fourth-order valence-corrected chi connectivity index (χ4v) is 2.79. The third-order valence-electron chi connectivity index (χ3n) is 2.88. The van der Waals surface area contributed by atoms with Gasteiger partial charge in [-0.2, -0.15) is 0 Å². The van der Waals surface area contributed by atoms with E-state index in [0.717, 1.165) is 5.69 Å². The van der Waals surface area contributed by atoms with Gasteiger partial charge in [0.05, 0.1) is 0 Å². The highest BCUT2D eigenvalue weighted by molar-refractivity contribution is 7.08. The fourth-order valence-electron chi connectivity index (χ4n) is 1.97. The van der Waals surface area contributed by atoms with E-state index in [-0.39, 0.29) is 0 Å². The third kappa shape index (κ3) is 1.86. The second kappa shape index (κ2) is 3.68. The van der Waals surface area contributed by atoms with Crippen LogP contribution in [0.15, 0.2) is 10.8 Å². The molecule has 0 radical (unpaired) electrons. The molecule has 0 unspecified atom stereocenters. The summed E-state index contributed by atoms with van der Waals surface area (Å²) in [4.78, 5) is 2.39. The average molecular weight is 196 g/mol. The quantitative estimate of drug-likeness (QED) is 0.745. The maximum atomic E-state index is 5.90. The van der Waals surface area contributed by atoms with E-state index in [1.165, 1.54) is 31.5 Å². The number of nitrogens with zero attached hydrogens (tertiary/aromatic N) is 1. The summed E-state index contributed by atoms with van der Waals surface area (Å²) >= 11 is 1.72. The minimum Gasteiger partial charge on any atom is -0.398 e. The van der Waals surface area contributed by atoms with Crippen LogP contribution in [-0.2, 0) is 0 Å². The Kier molecular flexibility index (Phi) is 2.56. The summed E-state index contributed by atoms with van der Waals surface area (Å²) in [6.45, 7) is 2.42. The van der Waals surface area contributed by atoms with Crippen molar-refractivity contribution in [3.8, 4) is 0 Å². The van der Waals surface area contributed by atoms with E-state index in [4.69, 9.17) is 5.73 Å². The van der Waals surface area contributed by atoms with Crippen molar-refractivity contribution in [3.63, 3.8) is 0 Å². The molecule has 1 aromatic rings. The van der Waals surface area contributed by atoms with Gasteiger partial charge in [-0.25, -0.2) is 0 Å². The lowest BCUT2D eigenvalue weighted by molar-refractivity contribution is 0.256. The zero-order valence-electron chi connectivity index (χ0n) is 7.99. The lowest BCUT2D eigenvalue weighted by Crippen LogP contribution is -2.29. The lowest BCUT2D eigenvalue weighted by atomic mass is 9.91. The van der Waals surface area contributed by atoms with Crippen molar-refractivity contribution in [2.24, 2.45) is 0 Å². The average Bonchev–Trinajstić information content (AvgIpc) is 2.53. The van der Waals surface area contributed by atoms with Gasteiger partial charge in [-0.1, -0.05) is 0 Å². The molecule has 0 aromatic carbocycles. The van der Waals surface area contributed by atoms with Crippen LogP contribution in [0.25, 0.3) is 0 Å². The first-order valence-electron chi connectivity index (χ1n) is 4.77. The first kappa shape index (κ1) is 9.03. The number of nitrogen functional groups attached to an aromatic ring is 1. The highest BCUT2D eigenvalue weighted by atomic mass is 32.1. The second-order valence-electron chi connectivity index (χ2n) is 3.86. The highest BCUT2D eigenvalue weighted by Crippen LogP contribution is 2.33. The van der Waals surface area contributed by atoms with E-state index in [9.17, 15) is 0 Å². The summed E-state index contributed by atoms with van der Waals surface area (Å²) in [5.74, 6) is 0.711. The molecule has 13 heavy (non-hydrogen) atoms. The molecule has 0 aliphatic carbocycles. The van der Waals surface area contributed by atoms with E-state index < -0.39 is 0 Å². The number of hydrogen-bond donors (Lipinski definition) is 1. The van der Waals surface area contributed by atoms with Crippen LogP contribution in [0.5, 0.6) is 0 Å². The molecule has 3 heteroatoms. The molecule has 0 spiro atoms. The summed E-state index contributed by atoms with van der Waals surface area (Å²) in [6, 6.07) is 0. The number of rotatable bonds is 1. The van der Waals surface area contributed by atoms with Crippen molar-refractivity contribution in [3.05, 3.63) is 16.3 Å². The largest absolute Gasteiger partial charge is 0.398 e. The van der Waals surface area contributed by atoms with Crippen LogP contribution >= 0.6 is 11.3 Å². The monoisotopic (exact) mass is 196 g/mol. The molecule has 1 fully saturated rings. The predicted molar refractivity (Wildman–Crippen MR) is 58.2 cm³/mol. The number of piperidine rings is 1. The first-order valence-corrected chi connectivity index (χ1v) is 5.72. The summed E-state index contributed by atoms with van der Waals surface area (Å²) in [5.41, 5.74) is 8.29. The molecular formula is C10H16N2S. The minimum atomic E-state index is 0.711. The second-order valence-corrected chi connectivity index (χ2v) is 4.60. The molecule has 2 N–H and O–H groups in total. The minimum absolute atomic E-state index is 0.711. The van der Waals surface area contributed by atoms with Crippen molar-refractivity contribution in [2.75, 3.05) is 25.9 Å². The van der Waals surface area contributed by atoms with Crippen LogP contribution in [0.4, 0.5) is 5.69 Å². The zero-order valence-corrected chi connectivity index (χ0v) is 8.81. The molecule has 0 bridgehead atoms. The number of likely N-dealkylation sites (tertiary alicyclic amines) is 1. The van der Waals surface area contributed by atoms with Crippen molar-refractivity contribution in [1.82, 2.24) is 4.90 Å². The number of thiophene rings is 1. The predicted octanol–water partition coefficient (Wildman–Crippen LogP) is 2.14. The number of anilines is 1. The van der Waals surface area contributed by atoms with Gasteiger partial charge in [0.2, 0.25) is 0 Å². The molecule has 1 aromatic heterocycles. The van der Waals surface area contributed by atoms with Gasteiger partial charge >= 0.3 is 0 Å². The summed E-state index contributed by atoms with van der Waals surface area (Å²) in [7, 11) is 2.19. The van der Waals surface area contributed by atoms with Gasteiger partial charge < -0.3 is 10.6 Å². The molecule has 0 atom stereocenters. The Bertz CT molecular complexity index is 274. The third-order valence-corrected chi connectivity index (χ3v) is 3.66. The molecule has 1 aliphatic heterocycles. The van der Waals surface area contributed by atoms with Gasteiger partial charge in [0.25, 0.3) is 0 Å². The Labute approximate surface area is 83.4 Å². The Morgan fingerprint density at radius 2 is 2.08 bits per heavy atom. The van der Waals surface area contributed by atoms with Crippen molar-refractivity contribution in [2.45, 2.75) is 18.8 Å². The number of nitrogens with two attached hydrogens (primary N) is 1. The standard InChI is InChI=1S/C10H16N2S/c1-12-4-2-8(3-5-12)9-6-13-7-10(9)11/h6-8H,2-5,11H2,1H3. The SMILES string of the molecule is CN1CCC(c2cscc2N)CC1. The molecule has 1 saturated heterocycles. The van der Waals surface area contributed by atoms with Gasteiger partial charge in [-0.05, 0) is 49.8 Å². The van der Waals surface area contributed by atoms with Crippen LogP contribution in [0, 0.1) is 0 Å². The Morgan fingerprint density at radius 1 is 1.38 bits per heavy atom. The summed E-state index contributed by atoms with van der Waals surface area (Å²) < 4.78 is 0. The van der Waals surface area contributed by atoms with Gasteiger partial charge in [-0.15, -0.1) is 11.3 Å². The topological polar surface area (TPSA) is 29.3 Å². The van der Waals surface area contributed by atoms with Gasteiger partial charge in [0, 0.05) is 11.1 Å². The Hall–Kier alpha value is -0.540. The first-order chi connectivity index (χ1) is 6.27. The zero-order chi connectivity index (χ0) is 9.26. The van der Waals surface area contributed by atoms with E-state index >= 15 is 0 Å². The molecule has 2 nitrogen and oxygen atoms in total. The van der Waals surface area contributed by atoms with E-state index in [1.54, 1.807) is 11.3 Å². The summed E-state index contributed by atoms with van der Waals surface area (Å²) in [6.07, 6.45) is 2.52. The van der Waals surface area contributed by atoms with Crippen LogP contribution < -0.4 is 5.73 Å². The maximum Gasteiger partial charge on any atom is 0.0458 e. The van der Waals surface area contributed by atoms with Crippen molar-refractivity contribution >= 4 is 17.0 Å². The number of hydrogen-bond acceptors (Lipinski definition) is 3. The molecule has 0 saturated carbocycles. The van der Waals surface area contributed by atoms with Crippen LogP contribution in [0.2, 0.25) is 0 Å². The van der Waals surface area contributed by atoms with Crippen molar-refractivity contribution in [1.29, 1.82) is 0 Å². The lowest BCUT2D eigenvalue weighted by Gasteiger charge is -2.28. The van der Waals surface area contributed by atoms with Crippen LogP contribution in [-0.4, -0.2) is 25.0 Å². The maximum absolute atomic E-state index is 5.90. The summed E-state index contributed by atoms with van der Waals surface area (Å²) in [5, 5.41) is 4.26. The Balaban J connectivity index is 2.06. The van der Waals surface area contributed by atoms with Gasteiger partial charge in [-0.3, -0.25) is 0 Å². The fraction of sp³-hybridized carbons (Fsp3) is 0.600. The normalized spacial score (nSPS) is 20.7. The smallest absolute Gasteiger partial charge is 0.0458 e. The molecule has 1 aliphatic rings. The Morgan fingerprint density at radius 3 is 2.62 bits per heavy atom. The molecule has 0 amide bonds. The molecule has 72 valence electrons. The van der Waals surface area contributed by atoms with E-state index in [0.29, 0.717) is 5.92 Å². The molecular weight excluding hydrogens is 180 g/mol. The van der Waals surface area contributed by atoms with E-state index in [1.807, 2.05) is 5.38 Å². The van der Waals surface area contributed by atoms with Crippen LogP contribution in [0.1, 0.15) is 24.3 Å². The van der Waals surface area contributed by atoms with E-state index in [2.05, 4.69) is 17.3 Å². The van der Waals surface area contributed by atoms with Crippen LogP contribution in [0.3, 0.4) is 0 Å². The van der Waals surface area contributed by atoms with Gasteiger partial charge in [0.1, 0.15) is 0 Å². The molecule has 2 heterocycles. The highest BCUT2D eigenvalue weighted by Gasteiger charge is 2.20.